The Hall–Kier alpha value is -2.12. The number of hydrogen-bond donors (Lipinski definition) is 0. The van der Waals surface area contributed by atoms with Crippen molar-refractivity contribution in [3.63, 3.8) is 0 Å². The summed E-state index contributed by atoms with van der Waals surface area (Å²) in [7, 11) is 1.76. The Bertz CT molecular complexity index is 553. The van der Waals surface area contributed by atoms with Crippen molar-refractivity contribution >= 4 is 12.2 Å². The zero-order valence-corrected chi connectivity index (χ0v) is 12.9. The normalized spacial score (nSPS) is 12.8. The second kappa shape index (κ2) is 7.61. The van der Waals surface area contributed by atoms with Gasteiger partial charge in [0.1, 0.15) is 0 Å². The van der Waals surface area contributed by atoms with Gasteiger partial charge in [0.05, 0.1) is 6.10 Å². The molecule has 0 heterocycles. The number of ether oxygens (including phenoxy) is 1. The summed E-state index contributed by atoms with van der Waals surface area (Å²) in [4.78, 5) is 0. The van der Waals surface area contributed by atoms with Gasteiger partial charge in [-0.05, 0) is 36.1 Å². The van der Waals surface area contributed by atoms with Crippen LogP contribution < -0.4 is 0 Å². The van der Waals surface area contributed by atoms with Crippen LogP contribution in [0, 0.1) is 0 Å². The summed E-state index contributed by atoms with van der Waals surface area (Å²) in [6.07, 6.45) is 4.36. The van der Waals surface area contributed by atoms with Crippen LogP contribution in [0.2, 0.25) is 0 Å². The van der Waals surface area contributed by atoms with Gasteiger partial charge in [-0.3, -0.25) is 0 Å². The van der Waals surface area contributed by atoms with Gasteiger partial charge < -0.3 is 4.74 Å². The van der Waals surface area contributed by atoms with E-state index < -0.39 is 0 Å². The van der Waals surface area contributed by atoms with E-state index in [-0.39, 0.29) is 6.10 Å². The molecule has 0 unspecified atom stereocenters. The van der Waals surface area contributed by atoms with Gasteiger partial charge in [-0.2, -0.15) is 0 Å². The van der Waals surface area contributed by atoms with Gasteiger partial charge in [0, 0.05) is 7.11 Å². The molecular formula is C20H22O. The lowest BCUT2D eigenvalue weighted by molar-refractivity contribution is 0.161. The molecule has 1 nitrogen and oxygen atoms in total. The largest absolute Gasteiger partial charge is 0.373 e. The Morgan fingerprint density at radius 2 is 1.14 bits per heavy atom. The number of methoxy groups -OCH3 is 1. The van der Waals surface area contributed by atoms with Gasteiger partial charge in [0.15, 0.2) is 0 Å². The minimum absolute atomic E-state index is 0.00501. The molecule has 0 aliphatic carbocycles. The third kappa shape index (κ3) is 4.44. The fraction of sp³-hybridized carbons (Fsp3) is 0.200. The Morgan fingerprint density at radius 1 is 0.762 bits per heavy atom. The lowest BCUT2D eigenvalue weighted by Gasteiger charge is -2.17. The molecule has 0 aliphatic rings. The summed E-state index contributed by atoms with van der Waals surface area (Å²) in [5.74, 6) is 0. The van der Waals surface area contributed by atoms with E-state index in [1.165, 1.54) is 22.3 Å². The molecule has 0 saturated heterocycles. The Labute approximate surface area is 127 Å². The van der Waals surface area contributed by atoms with Crippen molar-refractivity contribution in [3.8, 4) is 0 Å². The first-order chi connectivity index (χ1) is 10.2. The van der Waals surface area contributed by atoms with Crippen molar-refractivity contribution in [2.75, 3.05) is 7.11 Å². The molecule has 21 heavy (non-hydrogen) atoms. The highest BCUT2D eigenvalue weighted by Crippen LogP contribution is 2.20. The fourth-order valence-electron chi connectivity index (χ4n) is 2.51. The molecular weight excluding hydrogens is 256 g/mol. The van der Waals surface area contributed by atoms with Gasteiger partial charge in [-0.15, -0.1) is 0 Å². The van der Waals surface area contributed by atoms with Gasteiger partial charge in [-0.25, -0.2) is 0 Å². The van der Waals surface area contributed by atoms with Crippen molar-refractivity contribution in [1.29, 1.82) is 0 Å². The molecule has 2 aromatic rings. The molecule has 1 heteroatoms. The lowest BCUT2D eigenvalue weighted by Crippen LogP contribution is -2.13. The summed E-state index contributed by atoms with van der Waals surface area (Å²) in [6, 6.07) is 20.7. The quantitative estimate of drug-likeness (QED) is 0.729. The van der Waals surface area contributed by atoms with E-state index in [1.807, 2.05) is 36.4 Å². The SMILES string of the molecule is COC(/C(C)=C/c1ccccc1)/C(C)=C/c1ccccc1. The van der Waals surface area contributed by atoms with Gasteiger partial charge in [-0.1, -0.05) is 72.8 Å². The molecule has 0 aromatic heterocycles. The maximum Gasteiger partial charge on any atom is 0.0993 e. The highest BCUT2D eigenvalue weighted by Gasteiger charge is 2.11. The van der Waals surface area contributed by atoms with Crippen LogP contribution in [0.3, 0.4) is 0 Å². The van der Waals surface area contributed by atoms with Crippen LogP contribution in [0.25, 0.3) is 12.2 Å². The van der Waals surface area contributed by atoms with Crippen LogP contribution in [0.5, 0.6) is 0 Å². The zero-order valence-electron chi connectivity index (χ0n) is 12.9. The Morgan fingerprint density at radius 3 is 1.48 bits per heavy atom. The highest BCUT2D eigenvalue weighted by atomic mass is 16.5. The second-order valence-electron chi connectivity index (χ2n) is 5.21. The van der Waals surface area contributed by atoms with Crippen LogP contribution in [-0.4, -0.2) is 13.2 Å². The summed E-state index contributed by atoms with van der Waals surface area (Å²) in [5.41, 5.74) is 4.80. The third-order valence-corrected chi connectivity index (χ3v) is 3.45. The van der Waals surface area contributed by atoms with E-state index in [2.05, 4.69) is 50.3 Å². The molecule has 0 aliphatic heterocycles. The topological polar surface area (TPSA) is 9.23 Å². The van der Waals surface area contributed by atoms with Crippen LogP contribution >= 0.6 is 0 Å². The molecule has 0 amide bonds. The molecule has 2 rings (SSSR count). The Kier molecular flexibility index (Phi) is 5.53. The van der Waals surface area contributed by atoms with Crippen molar-refractivity contribution in [2.24, 2.45) is 0 Å². The first kappa shape index (κ1) is 15.3. The summed E-state index contributed by atoms with van der Waals surface area (Å²) < 4.78 is 5.68. The molecule has 0 radical (unpaired) electrons. The minimum atomic E-state index is 0.00501. The van der Waals surface area contributed by atoms with E-state index in [1.54, 1.807) is 7.11 Å². The highest BCUT2D eigenvalue weighted by molar-refractivity contribution is 5.58. The van der Waals surface area contributed by atoms with E-state index in [4.69, 9.17) is 4.74 Å². The maximum atomic E-state index is 5.68. The van der Waals surface area contributed by atoms with E-state index in [0.717, 1.165) is 0 Å². The molecule has 0 atom stereocenters. The van der Waals surface area contributed by atoms with Crippen molar-refractivity contribution < 1.29 is 4.74 Å². The van der Waals surface area contributed by atoms with Gasteiger partial charge in [0.25, 0.3) is 0 Å². The van der Waals surface area contributed by atoms with Crippen LogP contribution in [0.15, 0.2) is 71.8 Å². The lowest BCUT2D eigenvalue weighted by atomic mass is 9.99. The molecule has 0 N–H and O–H groups in total. The zero-order chi connectivity index (χ0) is 15.1. The van der Waals surface area contributed by atoms with E-state index >= 15 is 0 Å². The van der Waals surface area contributed by atoms with Crippen LogP contribution in [0.1, 0.15) is 25.0 Å². The molecule has 108 valence electrons. The van der Waals surface area contributed by atoms with E-state index in [0.29, 0.717) is 0 Å². The summed E-state index contributed by atoms with van der Waals surface area (Å²) >= 11 is 0. The first-order valence-electron chi connectivity index (χ1n) is 7.20. The van der Waals surface area contributed by atoms with Crippen molar-refractivity contribution in [1.82, 2.24) is 0 Å². The molecule has 0 fully saturated rings. The van der Waals surface area contributed by atoms with Crippen LogP contribution in [-0.2, 0) is 4.74 Å². The summed E-state index contributed by atoms with van der Waals surface area (Å²) in [5, 5.41) is 0. The number of benzene rings is 2. The molecule has 0 spiro atoms. The van der Waals surface area contributed by atoms with Gasteiger partial charge in [0.2, 0.25) is 0 Å². The van der Waals surface area contributed by atoms with E-state index in [9.17, 15) is 0 Å². The van der Waals surface area contributed by atoms with Crippen molar-refractivity contribution in [2.45, 2.75) is 20.0 Å². The second-order valence-corrected chi connectivity index (χ2v) is 5.21. The number of rotatable bonds is 5. The van der Waals surface area contributed by atoms with Gasteiger partial charge >= 0.3 is 0 Å². The maximum absolute atomic E-state index is 5.68. The first-order valence-corrected chi connectivity index (χ1v) is 7.20. The smallest absolute Gasteiger partial charge is 0.0993 e. The van der Waals surface area contributed by atoms with Crippen LogP contribution in [0.4, 0.5) is 0 Å². The monoisotopic (exact) mass is 278 g/mol. The number of hydrogen-bond acceptors (Lipinski definition) is 1. The molecule has 0 saturated carbocycles. The summed E-state index contributed by atoms with van der Waals surface area (Å²) in [6.45, 7) is 4.23. The standard InChI is InChI=1S/C20H22O/c1-16(14-18-10-6-4-7-11-18)20(21-3)17(2)15-19-12-8-5-9-13-19/h4-15,20H,1-3H3/b16-14+,17-15+. The fourth-order valence-corrected chi connectivity index (χ4v) is 2.51. The molecule has 0 bridgehead atoms. The predicted octanol–water partition coefficient (Wildman–Crippen LogP) is 5.21. The third-order valence-electron chi connectivity index (χ3n) is 3.45. The minimum Gasteiger partial charge on any atom is -0.373 e. The van der Waals surface area contributed by atoms with Crippen molar-refractivity contribution in [3.05, 3.63) is 82.9 Å². The average molecular weight is 278 g/mol. The molecule has 2 aromatic carbocycles. The Balaban J connectivity index is 2.23. The average Bonchev–Trinajstić information content (AvgIpc) is 2.50. The predicted molar refractivity (Wildman–Crippen MR) is 91.0 cm³/mol.